The molecule has 0 aliphatic rings. The molecule has 0 aliphatic heterocycles. The molecule has 1 N–H and O–H groups in total. The van der Waals surface area contributed by atoms with Crippen molar-refractivity contribution in [2.45, 2.75) is 59.3 Å². The van der Waals surface area contributed by atoms with Gasteiger partial charge in [0.25, 0.3) is 0 Å². The van der Waals surface area contributed by atoms with E-state index in [9.17, 15) is 0 Å². The normalized spacial score (nSPS) is 14.6. The molecule has 0 bridgehead atoms. The van der Waals surface area contributed by atoms with Gasteiger partial charge in [0.05, 0.1) is 0 Å². The summed E-state index contributed by atoms with van der Waals surface area (Å²) in [6.45, 7) is 13.4. The third-order valence-corrected chi connectivity index (χ3v) is 3.61. The fraction of sp³-hybridized carbons (Fsp3) is 0.769. The van der Waals surface area contributed by atoms with E-state index in [1.165, 1.54) is 5.69 Å². The molecule has 2 heteroatoms. The first-order valence-corrected chi connectivity index (χ1v) is 5.94. The molecular weight excluding hydrogens is 184 g/mol. The molecule has 1 aromatic rings. The molecule has 1 rings (SSSR count). The number of nitrogens with zero attached hydrogens (tertiary/aromatic N) is 1. The van der Waals surface area contributed by atoms with Crippen molar-refractivity contribution >= 4 is 0 Å². The van der Waals surface area contributed by atoms with Gasteiger partial charge in [-0.1, -0.05) is 41.5 Å². The summed E-state index contributed by atoms with van der Waals surface area (Å²) in [6.07, 6.45) is 3.10. The summed E-state index contributed by atoms with van der Waals surface area (Å²) in [6, 6.07) is 0. The summed E-state index contributed by atoms with van der Waals surface area (Å²) in [5.74, 6) is 2.33. The van der Waals surface area contributed by atoms with Gasteiger partial charge in [0.15, 0.2) is 0 Å². The van der Waals surface area contributed by atoms with Crippen LogP contribution in [0.4, 0.5) is 0 Å². The van der Waals surface area contributed by atoms with Gasteiger partial charge in [0.2, 0.25) is 0 Å². The van der Waals surface area contributed by atoms with Crippen LogP contribution in [0.1, 0.15) is 65.4 Å². The van der Waals surface area contributed by atoms with Gasteiger partial charge in [0, 0.05) is 23.2 Å². The standard InChI is InChI=1S/C13H24N2/c1-7-13(5,6)12-14-8-11(15-12)10(4)9(2)3/h8-10H,7H2,1-6H3,(H,14,15). The predicted octanol–water partition coefficient (Wildman–Crippen LogP) is 3.86. The lowest BCUT2D eigenvalue weighted by Gasteiger charge is -2.20. The van der Waals surface area contributed by atoms with Crippen LogP contribution in [-0.2, 0) is 5.41 Å². The first kappa shape index (κ1) is 12.3. The Kier molecular flexibility index (Phi) is 3.58. The van der Waals surface area contributed by atoms with Crippen molar-refractivity contribution in [3.63, 3.8) is 0 Å². The molecule has 1 unspecified atom stereocenters. The molecule has 0 fully saturated rings. The zero-order chi connectivity index (χ0) is 11.6. The van der Waals surface area contributed by atoms with Gasteiger partial charge in [-0.2, -0.15) is 0 Å². The molecule has 86 valence electrons. The minimum Gasteiger partial charge on any atom is -0.345 e. The molecular formula is C13H24N2. The van der Waals surface area contributed by atoms with Crippen LogP contribution in [0, 0.1) is 5.92 Å². The number of aromatic nitrogens is 2. The van der Waals surface area contributed by atoms with Crippen molar-refractivity contribution in [1.82, 2.24) is 9.97 Å². The van der Waals surface area contributed by atoms with E-state index in [2.05, 4.69) is 51.5 Å². The Bertz CT molecular complexity index is 310. The van der Waals surface area contributed by atoms with Crippen LogP contribution in [0.15, 0.2) is 6.20 Å². The maximum atomic E-state index is 4.51. The van der Waals surface area contributed by atoms with Gasteiger partial charge in [-0.3, -0.25) is 0 Å². The van der Waals surface area contributed by atoms with Gasteiger partial charge in [-0.25, -0.2) is 4.98 Å². The average Bonchev–Trinajstić information content (AvgIpc) is 2.65. The highest BCUT2D eigenvalue weighted by molar-refractivity contribution is 5.13. The van der Waals surface area contributed by atoms with E-state index >= 15 is 0 Å². The van der Waals surface area contributed by atoms with E-state index < -0.39 is 0 Å². The fourth-order valence-corrected chi connectivity index (χ4v) is 1.44. The monoisotopic (exact) mass is 208 g/mol. The van der Waals surface area contributed by atoms with Crippen molar-refractivity contribution in [2.24, 2.45) is 5.92 Å². The third-order valence-electron chi connectivity index (χ3n) is 3.61. The number of H-pyrrole nitrogens is 1. The van der Waals surface area contributed by atoms with E-state index in [1.807, 2.05) is 6.20 Å². The number of rotatable bonds is 4. The summed E-state index contributed by atoms with van der Waals surface area (Å²) >= 11 is 0. The van der Waals surface area contributed by atoms with Crippen LogP contribution >= 0.6 is 0 Å². The summed E-state index contributed by atoms with van der Waals surface area (Å²) in [4.78, 5) is 7.98. The lowest BCUT2D eigenvalue weighted by atomic mass is 9.89. The molecule has 1 aromatic heterocycles. The molecule has 0 aromatic carbocycles. The zero-order valence-electron chi connectivity index (χ0n) is 10.9. The Morgan fingerprint density at radius 3 is 2.40 bits per heavy atom. The van der Waals surface area contributed by atoms with Crippen LogP contribution in [-0.4, -0.2) is 9.97 Å². The lowest BCUT2D eigenvalue weighted by Crippen LogP contribution is -2.17. The van der Waals surface area contributed by atoms with Gasteiger partial charge in [-0.05, 0) is 12.3 Å². The first-order valence-electron chi connectivity index (χ1n) is 5.94. The van der Waals surface area contributed by atoms with Crippen molar-refractivity contribution in [2.75, 3.05) is 0 Å². The van der Waals surface area contributed by atoms with Crippen LogP contribution in [0.3, 0.4) is 0 Å². The summed E-state index contributed by atoms with van der Waals surface area (Å²) in [7, 11) is 0. The second-order valence-electron chi connectivity index (χ2n) is 5.46. The van der Waals surface area contributed by atoms with Gasteiger partial charge < -0.3 is 4.98 Å². The molecule has 0 spiro atoms. The van der Waals surface area contributed by atoms with Gasteiger partial charge in [-0.15, -0.1) is 0 Å². The highest BCUT2D eigenvalue weighted by Gasteiger charge is 2.23. The van der Waals surface area contributed by atoms with Crippen molar-refractivity contribution in [3.8, 4) is 0 Å². The van der Waals surface area contributed by atoms with E-state index in [1.54, 1.807) is 0 Å². The molecule has 0 amide bonds. The SMILES string of the molecule is CCC(C)(C)c1ncc(C(C)C(C)C)[nH]1. The highest BCUT2D eigenvalue weighted by Crippen LogP contribution is 2.27. The maximum Gasteiger partial charge on any atom is 0.111 e. The molecule has 0 saturated heterocycles. The van der Waals surface area contributed by atoms with Crippen molar-refractivity contribution in [1.29, 1.82) is 0 Å². The molecule has 2 nitrogen and oxygen atoms in total. The van der Waals surface area contributed by atoms with Crippen molar-refractivity contribution < 1.29 is 0 Å². The Morgan fingerprint density at radius 1 is 1.33 bits per heavy atom. The van der Waals surface area contributed by atoms with Gasteiger partial charge in [0.1, 0.15) is 5.82 Å². The summed E-state index contributed by atoms with van der Waals surface area (Å²) < 4.78 is 0. The van der Waals surface area contributed by atoms with Crippen LogP contribution in [0.2, 0.25) is 0 Å². The van der Waals surface area contributed by atoms with Crippen molar-refractivity contribution in [3.05, 3.63) is 17.7 Å². The quantitative estimate of drug-likeness (QED) is 0.799. The summed E-state index contributed by atoms with van der Waals surface area (Å²) in [5.41, 5.74) is 1.43. The predicted molar refractivity (Wildman–Crippen MR) is 65.2 cm³/mol. The van der Waals surface area contributed by atoms with E-state index in [0.29, 0.717) is 11.8 Å². The number of aromatic amines is 1. The largest absolute Gasteiger partial charge is 0.345 e. The Morgan fingerprint density at radius 2 is 1.93 bits per heavy atom. The van der Waals surface area contributed by atoms with Crippen LogP contribution in [0.25, 0.3) is 0 Å². The second kappa shape index (κ2) is 4.38. The molecule has 0 aliphatic carbocycles. The molecule has 15 heavy (non-hydrogen) atoms. The third kappa shape index (κ3) is 2.61. The second-order valence-corrected chi connectivity index (χ2v) is 5.46. The highest BCUT2D eigenvalue weighted by atomic mass is 14.9. The molecule has 1 atom stereocenters. The molecule has 0 saturated carbocycles. The minimum absolute atomic E-state index is 0.162. The smallest absolute Gasteiger partial charge is 0.111 e. The topological polar surface area (TPSA) is 28.7 Å². The summed E-state index contributed by atoms with van der Waals surface area (Å²) in [5, 5.41) is 0. The molecule has 0 radical (unpaired) electrons. The van der Waals surface area contributed by atoms with E-state index in [0.717, 1.165) is 12.2 Å². The zero-order valence-corrected chi connectivity index (χ0v) is 10.9. The first-order chi connectivity index (χ1) is 6.88. The lowest BCUT2D eigenvalue weighted by molar-refractivity contribution is 0.472. The van der Waals surface area contributed by atoms with E-state index in [-0.39, 0.29) is 5.41 Å². The number of hydrogen-bond acceptors (Lipinski definition) is 1. The number of hydrogen-bond donors (Lipinski definition) is 1. The maximum absolute atomic E-state index is 4.51. The average molecular weight is 208 g/mol. The minimum atomic E-state index is 0.162. The molecule has 1 heterocycles. The van der Waals surface area contributed by atoms with E-state index in [4.69, 9.17) is 0 Å². The van der Waals surface area contributed by atoms with Crippen LogP contribution in [0.5, 0.6) is 0 Å². The Hall–Kier alpha value is -0.790. The van der Waals surface area contributed by atoms with Gasteiger partial charge >= 0.3 is 0 Å². The van der Waals surface area contributed by atoms with Crippen LogP contribution < -0.4 is 0 Å². The Labute approximate surface area is 93.5 Å². The number of imidazole rings is 1. The fourth-order valence-electron chi connectivity index (χ4n) is 1.44. The Balaban J connectivity index is 2.90. The number of nitrogens with one attached hydrogen (secondary N) is 1.